The van der Waals surface area contributed by atoms with Crippen molar-refractivity contribution < 1.29 is 14.7 Å². The van der Waals surface area contributed by atoms with Crippen molar-refractivity contribution in [1.82, 2.24) is 5.32 Å². The van der Waals surface area contributed by atoms with Crippen LogP contribution in [-0.4, -0.2) is 27.9 Å². The first-order valence-electron chi connectivity index (χ1n) is 22.4. The van der Waals surface area contributed by atoms with E-state index in [2.05, 4.69) is 225 Å². The molecule has 0 atom stereocenters. The number of aliphatic carboxylic acids is 1. The summed E-state index contributed by atoms with van der Waals surface area (Å²) in [4.78, 5) is 32.1. The van der Waals surface area contributed by atoms with E-state index in [1.165, 1.54) is 44.5 Å². The number of thiophene rings is 1. The van der Waals surface area contributed by atoms with Crippen LogP contribution in [0.3, 0.4) is 0 Å². The van der Waals surface area contributed by atoms with E-state index >= 15 is 0 Å². The fraction of sp³-hybridized carbons (Fsp3) is 0.0833. The number of hydrogen-bond acceptors (Lipinski definition) is 6. The number of rotatable bonds is 13. The van der Waals surface area contributed by atoms with Crippen LogP contribution in [-0.2, 0) is 9.59 Å². The zero-order chi connectivity index (χ0) is 47.1. The molecular formula is C60H49N3O3S2. The Bertz CT molecular complexity index is 3110. The molecule has 0 radical (unpaired) electrons. The van der Waals surface area contributed by atoms with Gasteiger partial charge in [-0.1, -0.05) is 145 Å². The lowest BCUT2D eigenvalue weighted by Gasteiger charge is -2.26. The summed E-state index contributed by atoms with van der Waals surface area (Å²) in [7, 11) is 0. The highest BCUT2D eigenvalue weighted by Crippen LogP contribution is 2.39. The molecular weight excluding hydrogens is 875 g/mol. The summed E-state index contributed by atoms with van der Waals surface area (Å²) in [6, 6.07) is 64.6. The van der Waals surface area contributed by atoms with E-state index in [1.807, 2.05) is 12.1 Å². The lowest BCUT2D eigenvalue weighted by Crippen LogP contribution is -2.22. The lowest BCUT2D eigenvalue weighted by atomic mass is 9.93. The molecule has 0 unspecified atom stereocenters. The number of aliphatic imine (C=N–C) groups is 1. The van der Waals surface area contributed by atoms with Crippen LogP contribution >= 0.6 is 23.1 Å². The number of hydrogen-bond donors (Lipinski definition) is 2. The molecule has 0 fully saturated rings. The SMILES string of the molecule is Cc1ccc(/C(=C/c2ccc(N(c3ccc(/C=C(\c4ccccc4)c4ccc(C)c(C)c4)cc3)c3ccc(-c4ccc(/C=C5\N=C(SCC(=O)O)NC5=O)s4)cc3)cc2)c2ccccc2)cc1C. The molecule has 1 amide bonds. The zero-order valence-electron chi connectivity index (χ0n) is 38.2. The summed E-state index contributed by atoms with van der Waals surface area (Å²) < 4.78 is 0. The van der Waals surface area contributed by atoms with Crippen LogP contribution in [0.2, 0.25) is 0 Å². The van der Waals surface area contributed by atoms with E-state index in [1.54, 1.807) is 17.4 Å². The molecule has 0 saturated carbocycles. The van der Waals surface area contributed by atoms with Crippen LogP contribution in [0.5, 0.6) is 0 Å². The molecule has 1 aromatic heterocycles. The molecule has 6 nitrogen and oxygen atoms in total. The molecule has 334 valence electrons. The van der Waals surface area contributed by atoms with E-state index in [-0.39, 0.29) is 17.4 Å². The molecule has 0 aliphatic carbocycles. The number of amidine groups is 1. The van der Waals surface area contributed by atoms with E-state index in [4.69, 9.17) is 5.11 Å². The van der Waals surface area contributed by atoms with Gasteiger partial charge in [0.15, 0.2) is 5.17 Å². The summed E-state index contributed by atoms with van der Waals surface area (Å²) in [6.07, 6.45) is 6.29. The number of amides is 1. The Kier molecular flexibility index (Phi) is 13.6. The van der Waals surface area contributed by atoms with Gasteiger partial charge < -0.3 is 10.0 Å². The first-order valence-corrected chi connectivity index (χ1v) is 24.2. The van der Waals surface area contributed by atoms with Crippen molar-refractivity contribution in [2.45, 2.75) is 27.7 Å². The quantitative estimate of drug-likeness (QED) is 0.0889. The Balaban J connectivity index is 1.06. The van der Waals surface area contributed by atoms with Gasteiger partial charge in [-0.15, -0.1) is 11.3 Å². The van der Waals surface area contributed by atoms with Gasteiger partial charge in [0.2, 0.25) is 0 Å². The van der Waals surface area contributed by atoms with Crippen molar-refractivity contribution in [2.24, 2.45) is 4.99 Å². The Morgan fingerprint density at radius 3 is 1.54 bits per heavy atom. The standard InChI is InChI=1S/C60H49N3O3S2/c1-39-15-21-48(33-41(39)3)54(45-11-7-5-8-12-45)35-43-17-25-50(26-18-43)63(51-27-19-44(20-28-51)36-55(46-13-9-6-10-14-46)49-22-16-40(2)42(4)34-49)52-29-23-47(24-30-52)57-32-31-53(68-57)37-56-59(66)62-60(61-56)67-38-58(64)65/h5-37H,38H2,1-4H3,(H,64,65)(H,61,62,66)/b54-35+,55-36+,56-37-. The van der Waals surface area contributed by atoms with Gasteiger partial charge in [-0.25, -0.2) is 4.99 Å². The lowest BCUT2D eigenvalue weighted by molar-refractivity contribution is -0.133. The smallest absolute Gasteiger partial charge is 0.313 e. The number of benzene rings is 7. The van der Waals surface area contributed by atoms with Crippen LogP contribution in [0.1, 0.15) is 60.5 Å². The number of carbonyl (C=O) groups excluding carboxylic acids is 1. The molecule has 2 N–H and O–H groups in total. The Hall–Kier alpha value is -7.78. The number of anilines is 3. The van der Waals surface area contributed by atoms with Gasteiger partial charge in [0.05, 0.1) is 5.75 Å². The monoisotopic (exact) mass is 923 g/mol. The number of carboxylic acids is 1. The predicted octanol–water partition coefficient (Wildman–Crippen LogP) is 14.9. The van der Waals surface area contributed by atoms with Crippen molar-refractivity contribution in [3.63, 3.8) is 0 Å². The molecule has 2 heterocycles. The second-order valence-corrected chi connectivity index (χ2v) is 18.9. The minimum Gasteiger partial charge on any atom is -0.481 e. The zero-order valence-corrected chi connectivity index (χ0v) is 39.9. The highest BCUT2D eigenvalue weighted by molar-refractivity contribution is 8.14. The van der Waals surface area contributed by atoms with Crippen molar-refractivity contribution in [1.29, 1.82) is 0 Å². The number of nitrogens with zero attached hydrogens (tertiary/aromatic N) is 2. The fourth-order valence-corrected chi connectivity index (χ4v) is 9.62. The van der Waals surface area contributed by atoms with E-state index in [9.17, 15) is 9.59 Å². The number of carbonyl (C=O) groups is 2. The molecule has 8 heteroatoms. The topological polar surface area (TPSA) is 82.0 Å². The number of carboxylic acid groups (broad SMARTS) is 1. The minimum absolute atomic E-state index is 0.179. The summed E-state index contributed by atoms with van der Waals surface area (Å²) in [6.45, 7) is 8.63. The van der Waals surface area contributed by atoms with Gasteiger partial charge in [-0.3, -0.25) is 14.9 Å². The van der Waals surface area contributed by atoms with Gasteiger partial charge in [0.1, 0.15) is 5.70 Å². The van der Waals surface area contributed by atoms with Crippen molar-refractivity contribution in [2.75, 3.05) is 10.7 Å². The van der Waals surface area contributed by atoms with E-state index < -0.39 is 5.97 Å². The molecule has 0 spiro atoms. The minimum atomic E-state index is -0.971. The maximum atomic E-state index is 12.6. The second-order valence-electron chi connectivity index (χ2n) is 16.8. The molecule has 1 aliphatic heterocycles. The van der Waals surface area contributed by atoms with Crippen LogP contribution in [0.4, 0.5) is 17.1 Å². The van der Waals surface area contributed by atoms with Crippen LogP contribution in [0.25, 0.3) is 39.8 Å². The Labute approximate surface area is 406 Å². The largest absolute Gasteiger partial charge is 0.481 e. The van der Waals surface area contributed by atoms with Crippen molar-refractivity contribution >= 4 is 86.6 Å². The van der Waals surface area contributed by atoms with Crippen LogP contribution < -0.4 is 10.2 Å². The fourth-order valence-electron chi connectivity index (χ4n) is 8.08. The van der Waals surface area contributed by atoms with E-state index in [0.29, 0.717) is 5.17 Å². The van der Waals surface area contributed by atoms with E-state index in [0.717, 1.165) is 66.4 Å². The molecule has 68 heavy (non-hydrogen) atoms. The molecule has 8 aromatic rings. The summed E-state index contributed by atoms with van der Waals surface area (Å²) in [5, 5.41) is 12.0. The Morgan fingerprint density at radius 1 is 0.588 bits per heavy atom. The third-order valence-electron chi connectivity index (χ3n) is 12.1. The summed E-state index contributed by atoms with van der Waals surface area (Å²) in [5.41, 5.74) is 18.6. The molecule has 9 rings (SSSR count). The van der Waals surface area contributed by atoms with Gasteiger partial charge in [-0.05, 0) is 167 Å². The van der Waals surface area contributed by atoms with Gasteiger partial charge >= 0.3 is 5.97 Å². The highest BCUT2D eigenvalue weighted by Gasteiger charge is 2.22. The number of aryl methyl sites for hydroxylation is 4. The number of nitrogens with one attached hydrogen (secondary N) is 1. The van der Waals surface area contributed by atoms with Gasteiger partial charge in [-0.2, -0.15) is 0 Å². The maximum Gasteiger partial charge on any atom is 0.313 e. The number of thioether (sulfide) groups is 1. The van der Waals surface area contributed by atoms with Crippen molar-refractivity contribution in [3.8, 4) is 10.4 Å². The predicted molar refractivity (Wildman–Crippen MR) is 287 cm³/mol. The first kappa shape index (κ1) is 45.4. The first-order chi connectivity index (χ1) is 33.0. The van der Waals surface area contributed by atoms with Crippen molar-refractivity contribution in [3.05, 3.63) is 248 Å². The average Bonchev–Trinajstić information content (AvgIpc) is 3.98. The third-order valence-corrected chi connectivity index (χ3v) is 14.0. The normalized spacial score (nSPS) is 13.4. The maximum absolute atomic E-state index is 12.6. The second kappa shape index (κ2) is 20.4. The summed E-state index contributed by atoms with van der Waals surface area (Å²) >= 11 is 2.55. The Morgan fingerprint density at radius 2 is 1.07 bits per heavy atom. The van der Waals surface area contributed by atoms with Crippen LogP contribution in [0.15, 0.2) is 193 Å². The third kappa shape index (κ3) is 10.6. The summed E-state index contributed by atoms with van der Waals surface area (Å²) in [5.74, 6) is -1.50. The molecule has 0 saturated heterocycles. The van der Waals surface area contributed by atoms with Gasteiger partial charge in [0.25, 0.3) is 5.91 Å². The average molecular weight is 924 g/mol. The molecule has 7 aromatic carbocycles. The van der Waals surface area contributed by atoms with Gasteiger partial charge in [0, 0.05) is 26.8 Å². The van der Waals surface area contributed by atoms with Crippen LogP contribution in [0, 0.1) is 27.7 Å². The highest BCUT2D eigenvalue weighted by atomic mass is 32.2. The molecule has 0 bridgehead atoms. The molecule has 1 aliphatic rings.